The first-order valence-electron chi connectivity index (χ1n) is 6.93. The van der Waals surface area contributed by atoms with E-state index in [1.165, 1.54) is 28.2 Å². The molecule has 0 spiro atoms. The number of hydrogen-bond donors (Lipinski definition) is 2. The predicted octanol–water partition coefficient (Wildman–Crippen LogP) is -0.0798. The quantitative estimate of drug-likeness (QED) is 0.768. The maximum Gasteiger partial charge on any atom is 0.267 e. The van der Waals surface area contributed by atoms with Gasteiger partial charge < -0.3 is 15.0 Å². The van der Waals surface area contributed by atoms with E-state index < -0.39 is 10.0 Å². The van der Waals surface area contributed by atoms with Crippen LogP contribution in [0.5, 0.6) is 0 Å². The van der Waals surface area contributed by atoms with E-state index in [2.05, 4.69) is 5.32 Å². The van der Waals surface area contributed by atoms with Gasteiger partial charge in [-0.25, -0.2) is 8.42 Å². The minimum Gasteiger partial charge on any atom is -0.395 e. The van der Waals surface area contributed by atoms with Gasteiger partial charge in [-0.3, -0.25) is 4.79 Å². The Hall–Kier alpha value is -1.38. The summed E-state index contributed by atoms with van der Waals surface area (Å²) in [5, 5.41) is 11.6. The van der Waals surface area contributed by atoms with E-state index in [0.717, 1.165) is 19.3 Å². The van der Waals surface area contributed by atoms with Gasteiger partial charge in [0, 0.05) is 32.9 Å². The van der Waals surface area contributed by atoms with Crippen LogP contribution in [0.1, 0.15) is 29.8 Å². The van der Waals surface area contributed by atoms with Crippen LogP contribution in [0.4, 0.5) is 0 Å². The number of aliphatic hydroxyl groups excluding tert-OH is 1. The molecule has 8 heteroatoms. The van der Waals surface area contributed by atoms with Gasteiger partial charge in [-0.2, -0.15) is 4.31 Å². The molecule has 1 saturated carbocycles. The molecule has 2 rings (SSSR count). The third-order valence-corrected chi connectivity index (χ3v) is 5.77. The smallest absolute Gasteiger partial charge is 0.267 e. The van der Waals surface area contributed by atoms with Crippen molar-refractivity contribution in [1.82, 2.24) is 14.2 Å². The number of carbonyl (C=O) groups is 1. The number of amides is 1. The molecule has 2 N–H and O–H groups in total. The Morgan fingerprint density at radius 1 is 1.52 bits per heavy atom. The van der Waals surface area contributed by atoms with Gasteiger partial charge >= 0.3 is 0 Å². The monoisotopic (exact) mass is 315 g/mol. The number of aryl methyl sites for hydroxylation is 1. The summed E-state index contributed by atoms with van der Waals surface area (Å²) in [6.07, 6.45) is 4.06. The van der Waals surface area contributed by atoms with Crippen LogP contribution in [0.15, 0.2) is 17.2 Å². The van der Waals surface area contributed by atoms with Crippen molar-refractivity contribution in [3.05, 3.63) is 18.0 Å². The lowest BCUT2D eigenvalue weighted by Crippen LogP contribution is -2.45. The van der Waals surface area contributed by atoms with Gasteiger partial charge in [0.15, 0.2) is 0 Å². The van der Waals surface area contributed by atoms with Crippen molar-refractivity contribution in [3.8, 4) is 0 Å². The molecule has 0 bridgehead atoms. The van der Waals surface area contributed by atoms with Crippen molar-refractivity contribution in [2.24, 2.45) is 7.05 Å². The molecule has 0 atom stereocenters. The number of aromatic nitrogens is 1. The summed E-state index contributed by atoms with van der Waals surface area (Å²) >= 11 is 0. The second-order valence-electron chi connectivity index (χ2n) is 5.18. The Kier molecular flexibility index (Phi) is 4.70. The lowest BCUT2D eigenvalue weighted by Gasteiger charge is -2.35. The maximum absolute atomic E-state index is 12.7. The molecule has 1 fully saturated rings. The van der Waals surface area contributed by atoms with Gasteiger partial charge in [0.1, 0.15) is 10.6 Å². The Labute approximate surface area is 124 Å². The van der Waals surface area contributed by atoms with Crippen LogP contribution in [0.3, 0.4) is 0 Å². The van der Waals surface area contributed by atoms with Crippen LogP contribution in [-0.4, -0.2) is 54.5 Å². The summed E-state index contributed by atoms with van der Waals surface area (Å²) < 4.78 is 28.2. The minimum absolute atomic E-state index is 0.0502. The molecule has 21 heavy (non-hydrogen) atoms. The van der Waals surface area contributed by atoms with E-state index in [4.69, 9.17) is 5.11 Å². The fourth-order valence-corrected chi connectivity index (χ4v) is 4.18. The molecule has 0 aromatic carbocycles. The number of carbonyl (C=O) groups excluding carboxylic acids is 1. The zero-order valence-corrected chi connectivity index (χ0v) is 13.1. The Morgan fingerprint density at radius 2 is 2.19 bits per heavy atom. The second kappa shape index (κ2) is 6.17. The molecule has 0 saturated heterocycles. The predicted molar refractivity (Wildman–Crippen MR) is 77.4 cm³/mol. The molecule has 1 aliphatic rings. The standard InChI is InChI=1S/C13H21N3O4S/c1-14-13(18)12-8-11(9-15(12)2)21(19,20)16(6-7-17)10-4-3-5-10/h8-10,17H,3-7H2,1-2H3,(H,14,18). The number of sulfonamides is 1. The van der Waals surface area contributed by atoms with Crippen molar-refractivity contribution in [2.45, 2.75) is 30.2 Å². The number of nitrogens with zero attached hydrogens (tertiary/aromatic N) is 2. The highest BCUT2D eigenvalue weighted by Gasteiger charge is 2.35. The first-order chi connectivity index (χ1) is 9.91. The third-order valence-electron chi connectivity index (χ3n) is 3.85. The minimum atomic E-state index is -3.69. The van der Waals surface area contributed by atoms with Crippen molar-refractivity contribution in [3.63, 3.8) is 0 Å². The van der Waals surface area contributed by atoms with Gasteiger partial charge in [-0.05, 0) is 18.9 Å². The summed E-state index contributed by atoms with van der Waals surface area (Å²) in [5.41, 5.74) is 0.286. The summed E-state index contributed by atoms with van der Waals surface area (Å²) in [6.45, 7) is -0.137. The van der Waals surface area contributed by atoms with Crippen LogP contribution >= 0.6 is 0 Å². The number of aliphatic hydroxyl groups is 1. The third kappa shape index (κ3) is 2.97. The highest BCUT2D eigenvalue weighted by atomic mass is 32.2. The molecule has 1 aromatic rings. The van der Waals surface area contributed by atoms with Crippen LogP contribution in [0, 0.1) is 0 Å². The molecule has 1 aromatic heterocycles. The van der Waals surface area contributed by atoms with Crippen LogP contribution in [0.2, 0.25) is 0 Å². The summed E-state index contributed by atoms with van der Waals surface area (Å²) in [7, 11) is -0.570. The molecular formula is C13H21N3O4S. The van der Waals surface area contributed by atoms with Gasteiger partial charge in [-0.15, -0.1) is 0 Å². The topological polar surface area (TPSA) is 91.6 Å². The molecule has 1 aliphatic carbocycles. The molecule has 7 nitrogen and oxygen atoms in total. The molecule has 0 radical (unpaired) electrons. The molecule has 0 aliphatic heterocycles. The van der Waals surface area contributed by atoms with E-state index in [-0.39, 0.29) is 35.7 Å². The second-order valence-corrected chi connectivity index (χ2v) is 7.07. The van der Waals surface area contributed by atoms with Crippen LogP contribution in [-0.2, 0) is 17.1 Å². The lowest BCUT2D eigenvalue weighted by atomic mass is 9.93. The van der Waals surface area contributed by atoms with Crippen molar-refractivity contribution >= 4 is 15.9 Å². The molecule has 0 unspecified atom stereocenters. The van der Waals surface area contributed by atoms with Gasteiger partial charge in [0.05, 0.1) is 6.61 Å². The molecule has 1 heterocycles. The van der Waals surface area contributed by atoms with E-state index in [1.807, 2.05) is 0 Å². The zero-order valence-electron chi connectivity index (χ0n) is 12.2. The summed E-state index contributed by atoms with van der Waals surface area (Å²) in [4.78, 5) is 11.8. The lowest BCUT2D eigenvalue weighted by molar-refractivity contribution is 0.0955. The van der Waals surface area contributed by atoms with E-state index in [1.54, 1.807) is 7.05 Å². The zero-order chi connectivity index (χ0) is 15.6. The first-order valence-corrected chi connectivity index (χ1v) is 8.37. The van der Waals surface area contributed by atoms with Gasteiger partial charge in [0.2, 0.25) is 10.0 Å². The number of rotatable bonds is 6. The molecule has 1 amide bonds. The number of nitrogens with one attached hydrogen (secondary N) is 1. The normalized spacial score (nSPS) is 16.0. The fourth-order valence-electron chi connectivity index (χ4n) is 2.44. The number of hydrogen-bond acceptors (Lipinski definition) is 4. The van der Waals surface area contributed by atoms with Gasteiger partial charge in [-0.1, -0.05) is 6.42 Å². The highest BCUT2D eigenvalue weighted by Crippen LogP contribution is 2.30. The molecular weight excluding hydrogens is 294 g/mol. The maximum atomic E-state index is 12.7. The van der Waals surface area contributed by atoms with E-state index in [0.29, 0.717) is 0 Å². The Morgan fingerprint density at radius 3 is 2.67 bits per heavy atom. The summed E-state index contributed by atoms with van der Waals surface area (Å²) in [6, 6.07) is 1.32. The average Bonchev–Trinajstić information content (AvgIpc) is 2.78. The average molecular weight is 315 g/mol. The highest BCUT2D eigenvalue weighted by molar-refractivity contribution is 7.89. The van der Waals surface area contributed by atoms with Crippen LogP contribution < -0.4 is 5.32 Å². The first kappa shape index (κ1) is 16.0. The fraction of sp³-hybridized carbons (Fsp3) is 0.615. The summed E-state index contributed by atoms with van der Waals surface area (Å²) in [5.74, 6) is -0.337. The van der Waals surface area contributed by atoms with E-state index >= 15 is 0 Å². The Balaban J connectivity index is 2.35. The Bertz CT molecular complexity index is 619. The van der Waals surface area contributed by atoms with Crippen molar-refractivity contribution in [2.75, 3.05) is 20.2 Å². The van der Waals surface area contributed by atoms with E-state index in [9.17, 15) is 13.2 Å². The van der Waals surface area contributed by atoms with Crippen molar-refractivity contribution in [1.29, 1.82) is 0 Å². The largest absolute Gasteiger partial charge is 0.395 e. The van der Waals surface area contributed by atoms with Crippen molar-refractivity contribution < 1.29 is 18.3 Å². The SMILES string of the molecule is CNC(=O)c1cc(S(=O)(=O)N(CCO)C2CCC2)cn1C. The van der Waals surface area contributed by atoms with Crippen LogP contribution in [0.25, 0.3) is 0 Å². The molecule has 118 valence electrons. The van der Waals surface area contributed by atoms with Gasteiger partial charge in [0.25, 0.3) is 5.91 Å².